The molecule has 2 amide bonds. The molecule has 0 atom stereocenters. The number of amides is 2. The summed E-state index contributed by atoms with van der Waals surface area (Å²) in [6, 6.07) is 0.369. The monoisotopic (exact) mass is 216 g/mol. The summed E-state index contributed by atoms with van der Waals surface area (Å²) in [7, 11) is 0. The van der Waals surface area contributed by atoms with Gasteiger partial charge in [0.2, 0.25) is 11.8 Å². The highest BCUT2D eigenvalue weighted by molar-refractivity contribution is 5.79. The molecule has 0 spiro atoms. The maximum absolute atomic E-state index is 10.7. The molecule has 15 heavy (non-hydrogen) atoms. The van der Waals surface area contributed by atoms with Crippen LogP contribution in [0.2, 0.25) is 0 Å². The lowest BCUT2D eigenvalue weighted by Gasteiger charge is -2.19. The average Bonchev–Trinajstić information content (AvgIpc) is 2.00. The molecule has 0 fully saturated rings. The van der Waals surface area contributed by atoms with Crippen molar-refractivity contribution in [3.8, 4) is 0 Å². The average molecular weight is 216 g/mol. The first kappa shape index (κ1) is 13.9. The van der Waals surface area contributed by atoms with Gasteiger partial charge in [-0.15, -0.1) is 0 Å². The fourth-order valence-electron chi connectivity index (χ4n) is 1.17. The van der Waals surface area contributed by atoms with Crippen LogP contribution in [0.15, 0.2) is 0 Å². The molecule has 0 heterocycles. The smallest absolute Gasteiger partial charge is 0.231 e. The topological polar surface area (TPSA) is 101 Å². The van der Waals surface area contributed by atoms with Gasteiger partial charge in [0.1, 0.15) is 0 Å². The van der Waals surface area contributed by atoms with Crippen molar-refractivity contribution < 1.29 is 9.59 Å². The summed E-state index contributed by atoms with van der Waals surface area (Å²) < 4.78 is 0. The second kappa shape index (κ2) is 7.19. The third-order valence-corrected chi connectivity index (χ3v) is 1.74. The highest BCUT2D eigenvalue weighted by Crippen LogP contribution is 1.86. The van der Waals surface area contributed by atoms with E-state index in [1.54, 1.807) is 4.90 Å². The van der Waals surface area contributed by atoms with E-state index in [4.69, 9.17) is 11.5 Å². The Morgan fingerprint density at radius 2 is 1.67 bits per heavy atom. The normalized spacial score (nSPS) is 10.9. The number of hydrogen-bond acceptors (Lipinski definition) is 4. The summed E-state index contributed by atoms with van der Waals surface area (Å²) >= 11 is 0. The van der Waals surface area contributed by atoms with Crippen LogP contribution in [0.25, 0.3) is 0 Å². The largest absolute Gasteiger partial charge is 0.369 e. The summed E-state index contributed by atoms with van der Waals surface area (Å²) in [4.78, 5) is 23.0. The molecular formula is C9H20N4O2. The van der Waals surface area contributed by atoms with Crippen molar-refractivity contribution in [1.82, 2.24) is 10.2 Å². The van der Waals surface area contributed by atoms with Gasteiger partial charge in [-0.25, -0.2) is 0 Å². The molecule has 6 heteroatoms. The third-order valence-electron chi connectivity index (χ3n) is 1.74. The van der Waals surface area contributed by atoms with Gasteiger partial charge in [-0.05, 0) is 0 Å². The Bertz CT molecular complexity index is 202. The molecule has 0 saturated carbocycles. The van der Waals surface area contributed by atoms with Gasteiger partial charge in [-0.1, -0.05) is 13.8 Å². The van der Waals surface area contributed by atoms with Gasteiger partial charge in [0.15, 0.2) is 0 Å². The van der Waals surface area contributed by atoms with Gasteiger partial charge in [0.25, 0.3) is 0 Å². The van der Waals surface area contributed by atoms with Crippen LogP contribution < -0.4 is 16.8 Å². The van der Waals surface area contributed by atoms with Crippen molar-refractivity contribution in [2.24, 2.45) is 11.5 Å². The lowest BCUT2D eigenvalue weighted by Crippen LogP contribution is -2.43. The van der Waals surface area contributed by atoms with Crippen LogP contribution >= 0.6 is 0 Å². The Balaban J connectivity index is 3.89. The van der Waals surface area contributed by atoms with Crippen molar-refractivity contribution in [2.75, 3.05) is 26.2 Å². The lowest BCUT2D eigenvalue weighted by atomic mass is 10.3. The maximum Gasteiger partial charge on any atom is 0.231 e. The van der Waals surface area contributed by atoms with Gasteiger partial charge in [0.05, 0.1) is 13.1 Å². The van der Waals surface area contributed by atoms with Gasteiger partial charge in [-0.3, -0.25) is 14.5 Å². The molecule has 0 unspecified atom stereocenters. The van der Waals surface area contributed by atoms with E-state index < -0.39 is 11.8 Å². The van der Waals surface area contributed by atoms with E-state index in [9.17, 15) is 9.59 Å². The highest BCUT2D eigenvalue weighted by atomic mass is 16.2. The molecule has 0 aliphatic carbocycles. The van der Waals surface area contributed by atoms with Gasteiger partial charge in [0, 0.05) is 19.1 Å². The number of carbonyl (C=O) groups excluding carboxylic acids is 2. The number of hydrogen-bond donors (Lipinski definition) is 3. The first-order chi connectivity index (χ1) is 6.91. The maximum atomic E-state index is 10.7. The molecule has 0 bridgehead atoms. The molecule has 0 rings (SSSR count). The number of nitrogens with one attached hydrogen (secondary N) is 1. The number of primary amides is 2. The predicted molar refractivity (Wildman–Crippen MR) is 58.0 cm³/mol. The zero-order valence-corrected chi connectivity index (χ0v) is 9.32. The van der Waals surface area contributed by atoms with Crippen LogP contribution in [0.5, 0.6) is 0 Å². The zero-order valence-electron chi connectivity index (χ0n) is 9.32. The predicted octanol–water partition coefficient (Wildman–Crippen LogP) is -1.74. The van der Waals surface area contributed by atoms with Crippen molar-refractivity contribution >= 4 is 11.8 Å². The molecule has 0 aromatic heterocycles. The summed E-state index contributed by atoms with van der Waals surface area (Å²) in [5, 5.41) is 3.18. The molecule has 0 aromatic carbocycles. The van der Waals surface area contributed by atoms with E-state index in [1.807, 2.05) is 13.8 Å². The number of nitrogens with zero attached hydrogens (tertiary/aromatic N) is 1. The highest BCUT2D eigenvalue weighted by Gasteiger charge is 2.10. The van der Waals surface area contributed by atoms with Crippen LogP contribution in [0.4, 0.5) is 0 Å². The molecular weight excluding hydrogens is 196 g/mol. The molecule has 6 nitrogen and oxygen atoms in total. The summed E-state index contributed by atoms with van der Waals surface area (Å²) in [6.07, 6.45) is 0. The van der Waals surface area contributed by atoms with E-state index in [0.717, 1.165) is 0 Å². The van der Waals surface area contributed by atoms with Crippen molar-refractivity contribution in [2.45, 2.75) is 19.9 Å². The van der Waals surface area contributed by atoms with E-state index >= 15 is 0 Å². The zero-order chi connectivity index (χ0) is 11.8. The fraction of sp³-hybridized carbons (Fsp3) is 0.778. The van der Waals surface area contributed by atoms with Crippen LogP contribution in [-0.2, 0) is 9.59 Å². The summed E-state index contributed by atoms with van der Waals surface area (Å²) in [5.74, 6) is -0.915. The van der Waals surface area contributed by atoms with Crippen molar-refractivity contribution in [3.05, 3.63) is 0 Å². The quantitative estimate of drug-likeness (QED) is 0.448. The van der Waals surface area contributed by atoms with Crippen molar-refractivity contribution in [3.63, 3.8) is 0 Å². The van der Waals surface area contributed by atoms with Crippen LogP contribution in [0.1, 0.15) is 13.8 Å². The first-order valence-corrected chi connectivity index (χ1v) is 4.94. The molecule has 0 aliphatic rings. The SMILES string of the molecule is CC(C)NCCN(CC(N)=O)CC(N)=O. The summed E-state index contributed by atoms with van der Waals surface area (Å²) in [5.41, 5.74) is 10.1. The Hall–Kier alpha value is -1.14. The second-order valence-electron chi connectivity index (χ2n) is 3.75. The molecule has 88 valence electrons. The van der Waals surface area contributed by atoms with Crippen LogP contribution in [0, 0.1) is 0 Å². The third kappa shape index (κ3) is 9.17. The van der Waals surface area contributed by atoms with Crippen molar-refractivity contribution in [1.29, 1.82) is 0 Å². The van der Waals surface area contributed by atoms with E-state index in [0.29, 0.717) is 19.1 Å². The lowest BCUT2D eigenvalue weighted by molar-refractivity contribution is -0.121. The molecule has 0 radical (unpaired) electrons. The Morgan fingerprint density at radius 1 is 1.20 bits per heavy atom. The van der Waals surface area contributed by atoms with Crippen LogP contribution in [0.3, 0.4) is 0 Å². The second-order valence-corrected chi connectivity index (χ2v) is 3.75. The Morgan fingerprint density at radius 3 is 2.00 bits per heavy atom. The number of nitrogens with two attached hydrogens (primary N) is 2. The minimum Gasteiger partial charge on any atom is -0.369 e. The fourth-order valence-corrected chi connectivity index (χ4v) is 1.17. The molecule has 0 aromatic rings. The minimum absolute atomic E-state index is 0.0582. The van der Waals surface area contributed by atoms with E-state index in [2.05, 4.69) is 5.32 Å². The Kier molecular flexibility index (Phi) is 6.64. The molecule has 0 saturated heterocycles. The standard InChI is InChI=1S/C9H20N4O2/c1-7(2)12-3-4-13(5-8(10)14)6-9(11)15/h7,12H,3-6H2,1-2H3,(H2,10,14)(H2,11,15). The Labute approximate surface area is 90.0 Å². The summed E-state index contributed by atoms with van der Waals surface area (Å²) in [6.45, 7) is 5.42. The van der Waals surface area contributed by atoms with Gasteiger partial charge >= 0.3 is 0 Å². The van der Waals surface area contributed by atoms with E-state index in [1.165, 1.54) is 0 Å². The van der Waals surface area contributed by atoms with E-state index in [-0.39, 0.29) is 13.1 Å². The molecule has 5 N–H and O–H groups in total. The van der Waals surface area contributed by atoms with Gasteiger partial charge in [-0.2, -0.15) is 0 Å². The van der Waals surface area contributed by atoms with Crippen LogP contribution in [-0.4, -0.2) is 48.9 Å². The van der Waals surface area contributed by atoms with Gasteiger partial charge < -0.3 is 16.8 Å². The first-order valence-electron chi connectivity index (χ1n) is 4.94. The number of rotatable bonds is 8. The number of carbonyl (C=O) groups is 2. The minimum atomic E-state index is -0.458. The molecule has 0 aliphatic heterocycles.